The summed E-state index contributed by atoms with van der Waals surface area (Å²) in [6, 6.07) is 4.59. The third kappa shape index (κ3) is 3.97. The van der Waals surface area contributed by atoms with Gasteiger partial charge in [-0.3, -0.25) is 4.79 Å². The molecule has 116 valence electrons. The lowest BCUT2D eigenvalue weighted by molar-refractivity contribution is 0.0934. The number of aromatic nitrogens is 2. The molecular formula is C15H16F2N4O. The Balaban J connectivity index is 2.16. The Hall–Kier alpha value is -2.57. The van der Waals surface area contributed by atoms with E-state index in [1.807, 2.05) is 13.8 Å². The molecule has 0 spiro atoms. The van der Waals surface area contributed by atoms with Crippen molar-refractivity contribution in [3.8, 4) is 0 Å². The summed E-state index contributed by atoms with van der Waals surface area (Å²) in [6.07, 6.45) is 2.19. The molecule has 0 bridgehead atoms. The molecule has 1 aromatic carbocycles. The van der Waals surface area contributed by atoms with Crippen molar-refractivity contribution >= 4 is 17.5 Å². The molecule has 1 heterocycles. The zero-order chi connectivity index (χ0) is 16.1. The van der Waals surface area contributed by atoms with E-state index in [-0.39, 0.29) is 29.3 Å². The number of halogens is 2. The molecule has 0 aliphatic heterocycles. The van der Waals surface area contributed by atoms with Crippen LogP contribution in [0.1, 0.15) is 30.8 Å². The molecule has 0 aliphatic rings. The minimum absolute atomic E-state index is 0.0217. The lowest BCUT2D eigenvalue weighted by atomic mass is 10.2. The SMILES string of the molecule is CCC(C)NC(=O)c1ccnc(Nc2ccc(F)cc2F)n1. The summed E-state index contributed by atoms with van der Waals surface area (Å²) in [4.78, 5) is 19.9. The number of rotatable bonds is 5. The molecule has 22 heavy (non-hydrogen) atoms. The van der Waals surface area contributed by atoms with E-state index in [1.54, 1.807) is 0 Å². The predicted octanol–water partition coefficient (Wildman–Crippen LogP) is 3.03. The molecule has 0 saturated carbocycles. The fourth-order valence-corrected chi connectivity index (χ4v) is 1.66. The normalized spacial score (nSPS) is 11.8. The molecule has 0 fully saturated rings. The van der Waals surface area contributed by atoms with Crippen LogP contribution in [0.15, 0.2) is 30.5 Å². The minimum atomic E-state index is -0.766. The van der Waals surface area contributed by atoms with Crippen LogP contribution in [0, 0.1) is 11.6 Å². The van der Waals surface area contributed by atoms with E-state index < -0.39 is 11.6 Å². The predicted molar refractivity (Wildman–Crippen MR) is 78.9 cm³/mol. The Morgan fingerprint density at radius 1 is 1.32 bits per heavy atom. The number of carbonyl (C=O) groups is 1. The number of anilines is 2. The highest BCUT2D eigenvalue weighted by molar-refractivity contribution is 5.92. The molecule has 2 aromatic rings. The van der Waals surface area contributed by atoms with E-state index >= 15 is 0 Å². The highest BCUT2D eigenvalue weighted by Crippen LogP contribution is 2.18. The van der Waals surface area contributed by atoms with Crippen molar-refractivity contribution < 1.29 is 13.6 Å². The Labute approximate surface area is 126 Å². The van der Waals surface area contributed by atoms with E-state index in [0.29, 0.717) is 0 Å². The summed E-state index contributed by atoms with van der Waals surface area (Å²) in [6.45, 7) is 3.83. The second-order valence-electron chi connectivity index (χ2n) is 4.80. The third-order valence-electron chi connectivity index (χ3n) is 3.06. The smallest absolute Gasteiger partial charge is 0.270 e. The summed E-state index contributed by atoms with van der Waals surface area (Å²) < 4.78 is 26.4. The zero-order valence-corrected chi connectivity index (χ0v) is 12.2. The van der Waals surface area contributed by atoms with E-state index in [1.165, 1.54) is 18.3 Å². The minimum Gasteiger partial charge on any atom is -0.348 e. The van der Waals surface area contributed by atoms with E-state index in [2.05, 4.69) is 20.6 Å². The summed E-state index contributed by atoms with van der Waals surface area (Å²) in [5.74, 6) is -1.72. The van der Waals surface area contributed by atoms with Crippen LogP contribution in [0.25, 0.3) is 0 Å². The lowest BCUT2D eigenvalue weighted by Gasteiger charge is -2.11. The topological polar surface area (TPSA) is 66.9 Å². The largest absolute Gasteiger partial charge is 0.348 e. The first kappa shape index (κ1) is 15.8. The second kappa shape index (κ2) is 6.93. The van der Waals surface area contributed by atoms with Crippen LogP contribution < -0.4 is 10.6 Å². The maximum atomic E-state index is 13.6. The first-order valence-corrected chi connectivity index (χ1v) is 6.85. The summed E-state index contributed by atoms with van der Waals surface area (Å²) >= 11 is 0. The molecule has 0 aliphatic carbocycles. The van der Waals surface area contributed by atoms with Gasteiger partial charge < -0.3 is 10.6 Å². The average Bonchev–Trinajstić information content (AvgIpc) is 2.50. The fraction of sp³-hybridized carbons (Fsp3) is 0.267. The van der Waals surface area contributed by atoms with Crippen molar-refractivity contribution in [3.63, 3.8) is 0 Å². The molecule has 0 radical (unpaired) electrons. The summed E-state index contributed by atoms with van der Waals surface area (Å²) in [5, 5.41) is 5.39. The fourth-order valence-electron chi connectivity index (χ4n) is 1.66. The van der Waals surface area contributed by atoms with Gasteiger partial charge in [0, 0.05) is 18.3 Å². The van der Waals surface area contributed by atoms with Crippen molar-refractivity contribution in [2.45, 2.75) is 26.3 Å². The quantitative estimate of drug-likeness (QED) is 0.891. The number of hydrogen-bond donors (Lipinski definition) is 2. The Morgan fingerprint density at radius 2 is 2.09 bits per heavy atom. The molecule has 2 N–H and O–H groups in total. The Kier molecular flexibility index (Phi) is 4.98. The van der Waals surface area contributed by atoms with Crippen LogP contribution in [0.4, 0.5) is 20.4 Å². The van der Waals surface area contributed by atoms with Gasteiger partial charge in [-0.2, -0.15) is 0 Å². The van der Waals surface area contributed by atoms with Crippen LogP contribution in [0.3, 0.4) is 0 Å². The highest BCUT2D eigenvalue weighted by Gasteiger charge is 2.12. The Bertz CT molecular complexity index is 678. The first-order chi connectivity index (χ1) is 10.5. The van der Waals surface area contributed by atoms with Gasteiger partial charge in [-0.15, -0.1) is 0 Å². The maximum Gasteiger partial charge on any atom is 0.270 e. The molecule has 7 heteroatoms. The Morgan fingerprint density at radius 3 is 2.77 bits per heavy atom. The van der Waals surface area contributed by atoms with E-state index in [9.17, 15) is 13.6 Å². The van der Waals surface area contributed by atoms with Gasteiger partial charge in [-0.25, -0.2) is 18.7 Å². The van der Waals surface area contributed by atoms with Crippen molar-refractivity contribution in [1.82, 2.24) is 15.3 Å². The number of nitrogens with zero attached hydrogens (tertiary/aromatic N) is 2. The molecule has 2 rings (SSSR count). The molecule has 1 aromatic heterocycles. The monoisotopic (exact) mass is 306 g/mol. The van der Waals surface area contributed by atoms with Gasteiger partial charge in [0.1, 0.15) is 17.3 Å². The molecule has 0 saturated heterocycles. The van der Waals surface area contributed by atoms with Crippen molar-refractivity contribution in [2.75, 3.05) is 5.32 Å². The number of carbonyl (C=O) groups excluding carboxylic acids is 1. The summed E-state index contributed by atoms with van der Waals surface area (Å²) in [5.41, 5.74) is 0.196. The van der Waals surface area contributed by atoms with E-state index in [0.717, 1.165) is 18.6 Å². The first-order valence-electron chi connectivity index (χ1n) is 6.85. The molecule has 1 atom stereocenters. The van der Waals surface area contributed by atoms with Gasteiger partial charge >= 0.3 is 0 Å². The van der Waals surface area contributed by atoms with Crippen LogP contribution in [-0.2, 0) is 0 Å². The van der Waals surface area contributed by atoms with Gasteiger partial charge in [0.25, 0.3) is 5.91 Å². The van der Waals surface area contributed by atoms with Crippen molar-refractivity contribution in [1.29, 1.82) is 0 Å². The van der Waals surface area contributed by atoms with Crippen molar-refractivity contribution in [2.24, 2.45) is 0 Å². The number of amides is 1. The summed E-state index contributed by atoms with van der Waals surface area (Å²) in [7, 11) is 0. The molecule has 1 amide bonds. The average molecular weight is 306 g/mol. The molecule has 1 unspecified atom stereocenters. The van der Waals surface area contributed by atoms with E-state index in [4.69, 9.17) is 0 Å². The van der Waals surface area contributed by atoms with Crippen LogP contribution in [0.2, 0.25) is 0 Å². The van der Waals surface area contributed by atoms with Crippen LogP contribution >= 0.6 is 0 Å². The van der Waals surface area contributed by atoms with Gasteiger partial charge in [-0.1, -0.05) is 6.92 Å². The highest BCUT2D eigenvalue weighted by atomic mass is 19.1. The third-order valence-corrected chi connectivity index (χ3v) is 3.06. The number of benzene rings is 1. The van der Waals surface area contributed by atoms with Gasteiger partial charge in [0.15, 0.2) is 0 Å². The van der Waals surface area contributed by atoms with Gasteiger partial charge in [0.2, 0.25) is 5.95 Å². The maximum absolute atomic E-state index is 13.6. The van der Waals surface area contributed by atoms with Crippen LogP contribution in [0.5, 0.6) is 0 Å². The van der Waals surface area contributed by atoms with Gasteiger partial charge in [0.05, 0.1) is 5.69 Å². The number of nitrogens with one attached hydrogen (secondary N) is 2. The number of hydrogen-bond acceptors (Lipinski definition) is 4. The second-order valence-corrected chi connectivity index (χ2v) is 4.80. The zero-order valence-electron chi connectivity index (χ0n) is 12.2. The standard InChI is InChI=1S/C15H16F2N4O/c1-3-9(2)19-14(22)13-6-7-18-15(21-13)20-12-5-4-10(16)8-11(12)17/h4-9H,3H2,1-2H3,(H,19,22)(H,18,20,21). The lowest BCUT2D eigenvalue weighted by Crippen LogP contribution is -2.32. The molecular weight excluding hydrogens is 290 g/mol. The molecule has 5 nitrogen and oxygen atoms in total. The van der Waals surface area contributed by atoms with Crippen molar-refractivity contribution in [3.05, 3.63) is 47.8 Å². The van der Waals surface area contributed by atoms with Crippen LogP contribution in [-0.4, -0.2) is 21.9 Å². The van der Waals surface area contributed by atoms with Gasteiger partial charge in [-0.05, 0) is 31.5 Å².